The van der Waals surface area contributed by atoms with E-state index < -0.39 is 11.6 Å². The first-order chi connectivity index (χ1) is 13.6. The monoisotopic (exact) mass is 390 g/mol. The molecule has 6 rings (SSSR count). The number of hydrogen-bond donors (Lipinski definition) is 1. The predicted octanol–water partition coefficient (Wildman–Crippen LogP) is 3.41. The molecule has 6 unspecified atom stereocenters. The van der Waals surface area contributed by atoms with Gasteiger partial charge in [0.15, 0.2) is 11.6 Å². The highest BCUT2D eigenvalue weighted by Crippen LogP contribution is 2.68. The number of aliphatic hydroxyl groups is 1. The Balaban J connectivity index is 1.33. The minimum atomic E-state index is -0.464. The van der Waals surface area contributed by atoms with Gasteiger partial charge in [-0.15, -0.1) is 0 Å². The molecule has 2 spiro atoms. The number of rotatable bonds is 1. The lowest BCUT2D eigenvalue weighted by Crippen LogP contribution is -2.59. The third kappa shape index (κ3) is 2.26. The molecule has 6 aliphatic rings. The van der Waals surface area contributed by atoms with Crippen molar-refractivity contribution >= 4 is 0 Å². The van der Waals surface area contributed by atoms with Crippen LogP contribution < -0.4 is 0 Å². The van der Waals surface area contributed by atoms with Gasteiger partial charge in [0.2, 0.25) is 0 Å². The van der Waals surface area contributed by atoms with Crippen molar-refractivity contribution in [2.24, 2.45) is 29.1 Å². The van der Waals surface area contributed by atoms with E-state index in [4.69, 9.17) is 18.9 Å². The van der Waals surface area contributed by atoms with Gasteiger partial charge in [0, 0.05) is 18.3 Å². The van der Waals surface area contributed by atoms with Crippen LogP contribution in [0.15, 0.2) is 11.6 Å². The molecule has 156 valence electrons. The van der Waals surface area contributed by atoms with Crippen LogP contribution in [-0.2, 0) is 18.9 Å². The fraction of sp³-hybridized carbons (Fsp3) is 0.913. The van der Waals surface area contributed by atoms with Crippen LogP contribution >= 0.6 is 0 Å². The molecule has 3 saturated carbocycles. The largest absolute Gasteiger partial charge is 0.393 e. The van der Waals surface area contributed by atoms with E-state index in [1.54, 1.807) is 0 Å². The number of ether oxygens (including phenoxy) is 4. The van der Waals surface area contributed by atoms with Crippen LogP contribution in [0.25, 0.3) is 0 Å². The molecule has 1 N–H and O–H groups in total. The normalized spacial score (nSPS) is 48.4. The van der Waals surface area contributed by atoms with Gasteiger partial charge < -0.3 is 24.1 Å². The minimum absolute atomic E-state index is 0.0150. The zero-order valence-electron chi connectivity index (χ0n) is 17.0. The smallest absolute Gasteiger partial charge is 0.188 e. The van der Waals surface area contributed by atoms with Crippen LogP contribution in [-0.4, -0.2) is 49.2 Å². The van der Waals surface area contributed by atoms with Crippen molar-refractivity contribution in [1.29, 1.82) is 0 Å². The summed E-state index contributed by atoms with van der Waals surface area (Å²) in [5.74, 6) is 1.16. The van der Waals surface area contributed by atoms with Crippen molar-refractivity contribution in [3.05, 3.63) is 11.6 Å². The lowest BCUT2D eigenvalue weighted by atomic mass is 9.49. The Labute approximate surface area is 167 Å². The number of aliphatic hydroxyl groups excluding tert-OH is 1. The second-order valence-electron chi connectivity index (χ2n) is 10.0. The minimum Gasteiger partial charge on any atom is -0.393 e. The lowest BCUT2D eigenvalue weighted by molar-refractivity contribution is -0.262. The first kappa shape index (κ1) is 18.3. The van der Waals surface area contributed by atoms with Crippen molar-refractivity contribution in [3.8, 4) is 0 Å². The quantitative estimate of drug-likeness (QED) is 0.696. The maximum atomic E-state index is 11.5. The Hall–Kier alpha value is -0.460. The Morgan fingerprint density at radius 2 is 1.75 bits per heavy atom. The molecule has 5 fully saturated rings. The summed E-state index contributed by atoms with van der Waals surface area (Å²) in [6.45, 7) is 5.09. The Morgan fingerprint density at radius 3 is 2.50 bits per heavy atom. The van der Waals surface area contributed by atoms with E-state index >= 15 is 0 Å². The van der Waals surface area contributed by atoms with Gasteiger partial charge in [-0.2, -0.15) is 0 Å². The van der Waals surface area contributed by atoms with Crippen molar-refractivity contribution in [1.82, 2.24) is 0 Å². The van der Waals surface area contributed by atoms with E-state index in [1.807, 2.05) is 0 Å². The summed E-state index contributed by atoms with van der Waals surface area (Å²) in [5, 5.41) is 11.5. The van der Waals surface area contributed by atoms with Gasteiger partial charge in [0.1, 0.15) is 0 Å². The molecule has 4 aliphatic carbocycles. The molecular formula is C23H34O5. The van der Waals surface area contributed by atoms with Gasteiger partial charge in [0.05, 0.1) is 32.5 Å². The fourth-order valence-corrected chi connectivity index (χ4v) is 8.40. The molecule has 2 aliphatic heterocycles. The van der Waals surface area contributed by atoms with Gasteiger partial charge in [-0.1, -0.05) is 12.5 Å². The third-order valence-corrected chi connectivity index (χ3v) is 9.36. The molecule has 0 amide bonds. The fourth-order valence-electron chi connectivity index (χ4n) is 8.40. The molecule has 0 aromatic rings. The Bertz CT molecular complexity index is 662. The van der Waals surface area contributed by atoms with Crippen LogP contribution in [0, 0.1) is 29.1 Å². The second kappa shape index (κ2) is 6.27. The predicted molar refractivity (Wildman–Crippen MR) is 102 cm³/mol. The SMILES string of the molecule is CCC12CC(O)C3C4CCC5(C=C4CCC3C1CCC21OCCO1)OCCO5. The van der Waals surface area contributed by atoms with Crippen molar-refractivity contribution in [2.75, 3.05) is 26.4 Å². The maximum absolute atomic E-state index is 11.5. The van der Waals surface area contributed by atoms with Crippen LogP contribution in [0.2, 0.25) is 0 Å². The highest BCUT2D eigenvalue weighted by molar-refractivity contribution is 5.24. The highest BCUT2D eigenvalue weighted by Gasteiger charge is 2.68. The zero-order chi connectivity index (χ0) is 19.0. The third-order valence-electron chi connectivity index (χ3n) is 9.36. The Morgan fingerprint density at radius 1 is 1.00 bits per heavy atom. The van der Waals surface area contributed by atoms with Crippen molar-refractivity contribution in [2.45, 2.75) is 76.0 Å². The van der Waals surface area contributed by atoms with Crippen molar-refractivity contribution in [3.63, 3.8) is 0 Å². The summed E-state index contributed by atoms with van der Waals surface area (Å²) in [5.41, 5.74) is 1.47. The van der Waals surface area contributed by atoms with E-state index in [9.17, 15) is 5.11 Å². The molecule has 5 nitrogen and oxygen atoms in total. The molecule has 0 aromatic carbocycles. The van der Waals surface area contributed by atoms with Crippen LogP contribution in [0.5, 0.6) is 0 Å². The van der Waals surface area contributed by atoms with E-state index in [0.717, 1.165) is 38.5 Å². The van der Waals surface area contributed by atoms with Gasteiger partial charge in [-0.3, -0.25) is 0 Å². The van der Waals surface area contributed by atoms with E-state index in [-0.39, 0.29) is 11.5 Å². The molecule has 2 heterocycles. The van der Waals surface area contributed by atoms with Gasteiger partial charge in [-0.05, 0) is 68.3 Å². The number of allylic oxidation sites excluding steroid dienone is 1. The lowest BCUT2D eigenvalue weighted by Gasteiger charge is -2.58. The molecule has 28 heavy (non-hydrogen) atoms. The number of hydrogen-bond acceptors (Lipinski definition) is 5. The van der Waals surface area contributed by atoms with Crippen LogP contribution in [0.4, 0.5) is 0 Å². The summed E-state index contributed by atoms with van der Waals surface area (Å²) < 4.78 is 24.5. The molecule has 2 saturated heterocycles. The van der Waals surface area contributed by atoms with Crippen molar-refractivity contribution < 1.29 is 24.1 Å². The number of fused-ring (bicyclic) bond motifs is 6. The molecule has 6 atom stereocenters. The topological polar surface area (TPSA) is 57.2 Å². The summed E-state index contributed by atoms with van der Waals surface area (Å²) in [6, 6.07) is 0. The van der Waals surface area contributed by atoms with E-state index in [2.05, 4.69) is 13.0 Å². The highest BCUT2D eigenvalue weighted by atomic mass is 16.7. The molecule has 5 heteroatoms. The maximum Gasteiger partial charge on any atom is 0.188 e. The van der Waals surface area contributed by atoms with E-state index in [0.29, 0.717) is 50.1 Å². The standard InChI is InChI=1S/C23H34O5/c1-2-21-14-19(24)20-16-5-7-22(25-9-10-26-22)13-15(16)3-4-17(20)18(21)6-8-23(21)27-11-12-28-23/h13,16-20,24H,2-12,14H2,1H3. The van der Waals surface area contributed by atoms with Crippen LogP contribution in [0.3, 0.4) is 0 Å². The van der Waals surface area contributed by atoms with E-state index in [1.165, 1.54) is 18.4 Å². The summed E-state index contributed by atoms with van der Waals surface area (Å²) in [7, 11) is 0. The molecule has 0 bridgehead atoms. The average molecular weight is 391 g/mol. The summed E-state index contributed by atoms with van der Waals surface area (Å²) >= 11 is 0. The first-order valence-electron chi connectivity index (χ1n) is 11.6. The second-order valence-corrected chi connectivity index (χ2v) is 10.0. The van der Waals surface area contributed by atoms with Gasteiger partial charge in [-0.25, -0.2) is 0 Å². The average Bonchev–Trinajstić information content (AvgIpc) is 3.43. The summed E-state index contributed by atoms with van der Waals surface area (Å²) in [6.07, 6.45) is 10.4. The first-order valence-corrected chi connectivity index (χ1v) is 11.6. The van der Waals surface area contributed by atoms with Crippen LogP contribution in [0.1, 0.15) is 58.3 Å². The Kier molecular flexibility index (Phi) is 4.10. The molecule has 0 radical (unpaired) electrons. The molecular weight excluding hydrogens is 356 g/mol. The summed E-state index contributed by atoms with van der Waals surface area (Å²) in [4.78, 5) is 0. The zero-order valence-corrected chi connectivity index (χ0v) is 17.0. The van der Waals surface area contributed by atoms with Gasteiger partial charge in [0.25, 0.3) is 0 Å². The molecule has 0 aromatic heterocycles. The van der Waals surface area contributed by atoms with Gasteiger partial charge >= 0.3 is 0 Å².